The zero-order chi connectivity index (χ0) is 15.6. The number of anilines is 2. The van der Waals surface area contributed by atoms with Gasteiger partial charge in [-0.15, -0.1) is 24.0 Å². The van der Waals surface area contributed by atoms with E-state index in [1.165, 1.54) is 5.56 Å². The van der Waals surface area contributed by atoms with Gasteiger partial charge in [-0.3, -0.25) is 4.99 Å². The Morgan fingerprint density at radius 1 is 1.13 bits per heavy atom. The monoisotopic (exact) mass is 425 g/mol. The summed E-state index contributed by atoms with van der Waals surface area (Å²) in [6.45, 7) is 3.66. The molecule has 0 unspecified atom stereocenters. The van der Waals surface area contributed by atoms with Crippen LogP contribution in [0.2, 0.25) is 0 Å². The standard InChI is InChI=1S/C17H23N5.HI/c1-14-7-9-15(10-8-14)22-17(18)21-13-5-4-12-20-16-6-2-3-11-19-16;/h2-3,6-11H,4-5,12-13H2,1H3,(H,19,20)(H3,18,21,22);1H. The van der Waals surface area contributed by atoms with Gasteiger partial charge in [0.15, 0.2) is 5.96 Å². The minimum Gasteiger partial charge on any atom is -0.370 e. The maximum atomic E-state index is 5.86. The minimum absolute atomic E-state index is 0. The Bertz CT molecular complexity index is 584. The molecule has 0 bridgehead atoms. The van der Waals surface area contributed by atoms with Crippen LogP contribution in [0.5, 0.6) is 0 Å². The molecule has 0 spiro atoms. The molecule has 2 aromatic rings. The van der Waals surface area contributed by atoms with Crippen LogP contribution < -0.4 is 16.4 Å². The molecule has 0 fully saturated rings. The van der Waals surface area contributed by atoms with Crippen molar-refractivity contribution >= 4 is 41.4 Å². The van der Waals surface area contributed by atoms with E-state index in [1.54, 1.807) is 6.20 Å². The highest BCUT2D eigenvalue weighted by atomic mass is 127. The van der Waals surface area contributed by atoms with Crippen LogP contribution in [0.4, 0.5) is 11.5 Å². The molecule has 0 saturated heterocycles. The van der Waals surface area contributed by atoms with Gasteiger partial charge in [0.1, 0.15) is 5.82 Å². The zero-order valence-corrected chi connectivity index (χ0v) is 15.7. The van der Waals surface area contributed by atoms with Crippen LogP contribution in [-0.4, -0.2) is 24.0 Å². The number of aromatic nitrogens is 1. The maximum absolute atomic E-state index is 5.86. The van der Waals surface area contributed by atoms with Crippen molar-refractivity contribution in [3.05, 3.63) is 54.2 Å². The Morgan fingerprint density at radius 3 is 2.61 bits per heavy atom. The molecule has 0 atom stereocenters. The third-order valence-corrected chi connectivity index (χ3v) is 3.16. The molecular weight excluding hydrogens is 401 g/mol. The molecule has 124 valence electrons. The lowest BCUT2D eigenvalue weighted by atomic mass is 10.2. The molecule has 4 N–H and O–H groups in total. The quantitative estimate of drug-likeness (QED) is 0.274. The van der Waals surface area contributed by atoms with Gasteiger partial charge in [0.05, 0.1) is 0 Å². The van der Waals surface area contributed by atoms with E-state index in [0.29, 0.717) is 12.5 Å². The van der Waals surface area contributed by atoms with E-state index in [2.05, 4.69) is 27.5 Å². The molecule has 0 amide bonds. The number of aryl methyl sites for hydroxylation is 1. The second kappa shape index (κ2) is 10.8. The molecule has 1 aromatic heterocycles. The molecule has 0 aliphatic carbocycles. The van der Waals surface area contributed by atoms with Crippen LogP contribution in [-0.2, 0) is 0 Å². The number of aliphatic imine (C=N–C) groups is 1. The van der Waals surface area contributed by atoms with Crippen molar-refractivity contribution in [2.75, 3.05) is 23.7 Å². The van der Waals surface area contributed by atoms with Crippen LogP contribution in [0.25, 0.3) is 0 Å². The molecule has 0 aliphatic heterocycles. The normalized spacial score (nSPS) is 10.7. The predicted molar refractivity (Wildman–Crippen MR) is 109 cm³/mol. The fraction of sp³-hybridized carbons (Fsp3) is 0.294. The average Bonchev–Trinajstić information content (AvgIpc) is 2.54. The summed E-state index contributed by atoms with van der Waals surface area (Å²) in [6.07, 6.45) is 3.79. The summed E-state index contributed by atoms with van der Waals surface area (Å²) in [7, 11) is 0. The number of nitrogens with two attached hydrogens (primary N) is 1. The summed E-state index contributed by atoms with van der Waals surface area (Å²) in [5.74, 6) is 1.37. The van der Waals surface area contributed by atoms with E-state index >= 15 is 0 Å². The molecular formula is C17H24IN5. The second-order valence-electron chi connectivity index (χ2n) is 5.11. The van der Waals surface area contributed by atoms with E-state index < -0.39 is 0 Å². The van der Waals surface area contributed by atoms with Crippen LogP contribution in [0, 0.1) is 6.92 Å². The summed E-state index contributed by atoms with van der Waals surface area (Å²) in [4.78, 5) is 8.54. The van der Waals surface area contributed by atoms with Crippen molar-refractivity contribution in [3.63, 3.8) is 0 Å². The number of nitrogens with zero attached hydrogens (tertiary/aromatic N) is 2. The van der Waals surface area contributed by atoms with Crippen molar-refractivity contribution in [1.29, 1.82) is 0 Å². The fourth-order valence-electron chi connectivity index (χ4n) is 1.94. The molecule has 1 aromatic carbocycles. The number of nitrogens with one attached hydrogen (secondary N) is 2. The van der Waals surface area contributed by atoms with Crippen molar-refractivity contribution in [3.8, 4) is 0 Å². The number of halogens is 1. The molecule has 0 saturated carbocycles. The highest BCUT2D eigenvalue weighted by Crippen LogP contribution is 2.07. The Balaban J connectivity index is 0.00000264. The number of pyridine rings is 1. The molecule has 5 nitrogen and oxygen atoms in total. The van der Waals surface area contributed by atoms with Gasteiger partial charge in [0.25, 0.3) is 0 Å². The largest absolute Gasteiger partial charge is 0.370 e. The first-order chi connectivity index (χ1) is 10.7. The highest BCUT2D eigenvalue weighted by molar-refractivity contribution is 14.0. The van der Waals surface area contributed by atoms with E-state index in [1.807, 2.05) is 42.5 Å². The number of hydrogen-bond donors (Lipinski definition) is 3. The third kappa shape index (κ3) is 7.83. The van der Waals surface area contributed by atoms with E-state index in [9.17, 15) is 0 Å². The van der Waals surface area contributed by atoms with Gasteiger partial charge < -0.3 is 16.4 Å². The van der Waals surface area contributed by atoms with Crippen LogP contribution >= 0.6 is 24.0 Å². The van der Waals surface area contributed by atoms with E-state index in [4.69, 9.17) is 5.73 Å². The van der Waals surface area contributed by atoms with Crippen molar-refractivity contribution in [1.82, 2.24) is 4.98 Å². The Labute approximate surface area is 154 Å². The lowest BCUT2D eigenvalue weighted by molar-refractivity contribution is 0.772. The van der Waals surface area contributed by atoms with Crippen LogP contribution in [0.3, 0.4) is 0 Å². The van der Waals surface area contributed by atoms with Gasteiger partial charge >= 0.3 is 0 Å². The number of hydrogen-bond acceptors (Lipinski definition) is 3. The van der Waals surface area contributed by atoms with Gasteiger partial charge in [-0.05, 0) is 44.0 Å². The fourth-order valence-corrected chi connectivity index (χ4v) is 1.94. The van der Waals surface area contributed by atoms with Gasteiger partial charge in [-0.1, -0.05) is 23.8 Å². The number of guanidine groups is 1. The first-order valence-electron chi connectivity index (χ1n) is 7.52. The van der Waals surface area contributed by atoms with E-state index in [0.717, 1.165) is 30.9 Å². The SMILES string of the molecule is Cc1ccc(NC(N)=NCCCCNc2ccccn2)cc1.I. The molecule has 2 rings (SSSR count). The summed E-state index contributed by atoms with van der Waals surface area (Å²) in [6, 6.07) is 13.9. The number of unbranched alkanes of at least 4 members (excludes halogenated alkanes) is 1. The summed E-state index contributed by atoms with van der Waals surface area (Å²) < 4.78 is 0. The Morgan fingerprint density at radius 2 is 1.91 bits per heavy atom. The van der Waals surface area contributed by atoms with E-state index in [-0.39, 0.29) is 24.0 Å². The van der Waals surface area contributed by atoms with Gasteiger partial charge in [0.2, 0.25) is 0 Å². The highest BCUT2D eigenvalue weighted by Gasteiger charge is 1.95. The van der Waals surface area contributed by atoms with Gasteiger partial charge in [0, 0.05) is 25.0 Å². The Kier molecular flexibility index (Phi) is 9.04. The van der Waals surface area contributed by atoms with Crippen LogP contribution in [0.1, 0.15) is 18.4 Å². The predicted octanol–water partition coefficient (Wildman–Crippen LogP) is 3.63. The smallest absolute Gasteiger partial charge is 0.193 e. The number of benzene rings is 1. The third-order valence-electron chi connectivity index (χ3n) is 3.16. The second-order valence-corrected chi connectivity index (χ2v) is 5.11. The van der Waals surface area contributed by atoms with Crippen molar-refractivity contribution in [2.24, 2.45) is 10.7 Å². The van der Waals surface area contributed by atoms with Crippen molar-refractivity contribution in [2.45, 2.75) is 19.8 Å². The first kappa shape index (κ1) is 19.2. The first-order valence-corrected chi connectivity index (χ1v) is 7.52. The summed E-state index contributed by atoms with van der Waals surface area (Å²) in [5.41, 5.74) is 8.05. The number of rotatable bonds is 7. The van der Waals surface area contributed by atoms with Gasteiger partial charge in [-0.2, -0.15) is 0 Å². The molecule has 23 heavy (non-hydrogen) atoms. The van der Waals surface area contributed by atoms with Gasteiger partial charge in [-0.25, -0.2) is 4.98 Å². The topological polar surface area (TPSA) is 75.3 Å². The lowest BCUT2D eigenvalue weighted by Crippen LogP contribution is -2.22. The molecule has 1 heterocycles. The Hall–Kier alpha value is -1.83. The molecule has 0 aliphatic rings. The van der Waals surface area contributed by atoms with Crippen molar-refractivity contribution < 1.29 is 0 Å². The molecule has 0 radical (unpaired) electrons. The minimum atomic E-state index is 0. The summed E-state index contributed by atoms with van der Waals surface area (Å²) in [5, 5.41) is 6.36. The lowest BCUT2D eigenvalue weighted by Gasteiger charge is -2.06. The summed E-state index contributed by atoms with van der Waals surface area (Å²) >= 11 is 0. The van der Waals surface area contributed by atoms with Crippen LogP contribution in [0.15, 0.2) is 53.7 Å². The zero-order valence-electron chi connectivity index (χ0n) is 13.3. The maximum Gasteiger partial charge on any atom is 0.193 e. The average molecular weight is 425 g/mol. The molecule has 6 heteroatoms.